The van der Waals surface area contributed by atoms with E-state index in [0.717, 1.165) is 5.56 Å². The Morgan fingerprint density at radius 3 is 2.41 bits per heavy atom. The van der Waals surface area contributed by atoms with Gasteiger partial charge in [-0.2, -0.15) is 0 Å². The fourth-order valence-electron chi connectivity index (χ4n) is 1.84. The quantitative estimate of drug-likeness (QED) is 0.894. The molecule has 0 spiro atoms. The summed E-state index contributed by atoms with van der Waals surface area (Å²) in [7, 11) is 0. The van der Waals surface area contributed by atoms with Crippen LogP contribution in [0.1, 0.15) is 15.9 Å². The predicted molar refractivity (Wildman–Crippen MR) is 88.6 cm³/mol. The molecule has 4 nitrogen and oxygen atoms in total. The van der Waals surface area contributed by atoms with Gasteiger partial charge in [-0.3, -0.25) is 9.59 Å². The summed E-state index contributed by atoms with van der Waals surface area (Å²) >= 11 is 11.9. The van der Waals surface area contributed by atoms with Crippen LogP contribution in [-0.4, -0.2) is 18.4 Å². The van der Waals surface area contributed by atoms with Gasteiger partial charge in [-0.15, -0.1) is 0 Å². The largest absolute Gasteiger partial charge is 0.343 e. The first-order valence-electron chi connectivity index (χ1n) is 6.56. The lowest BCUT2D eigenvalue weighted by Crippen LogP contribution is -2.33. The maximum atomic E-state index is 11.9. The molecule has 0 saturated carbocycles. The molecule has 0 aliphatic carbocycles. The third-order valence-electron chi connectivity index (χ3n) is 3.07. The summed E-state index contributed by atoms with van der Waals surface area (Å²) in [5.41, 5.74) is 1.72. The Kier molecular flexibility index (Phi) is 5.41. The molecular weight excluding hydrogens is 323 g/mol. The van der Waals surface area contributed by atoms with Crippen LogP contribution in [0.5, 0.6) is 0 Å². The molecule has 0 aliphatic heterocycles. The van der Waals surface area contributed by atoms with Crippen molar-refractivity contribution < 1.29 is 9.59 Å². The third kappa shape index (κ3) is 4.00. The summed E-state index contributed by atoms with van der Waals surface area (Å²) in [6.45, 7) is 1.65. The third-order valence-corrected chi connectivity index (χ3v) is 3.81. The van der Waals surface area contributed by atoms with E-state index in [2.05, 4.69) is 10.6 Å². The van der Waals surface area contributed by atoms with Gasteiger partial charge in [-0.1, -0.05) is 41.4 Å². The van der Waals surface area contributed by atoms with Crippen molar-refractivity contribution in [2.45, 2.75) is 6.92 Å². The van der Waals surface area contributed by atoms with E-state index < -0.39 is 5.91 Å². The Labute approximate surface area is 138 Å². The van der Waals surface area contributed by atoms with Gasteiger partial charge in [0.15, 0.2) is 0 Å². The summed E-state index contributed by atoms with van der Waals surface area (Å²) < 4.78 is 0. The van der Waals surface area contributed by atoms with Crippen LogP contribution in [0, 0.1) is 6.92 Å². The second-order valence-corrected chi connectivity index (χ2v) is 5.44. The summed E-state index contributed by atoms with van der Waals surface area (Å²) in [4.78, 5) is 23.8. The molecule has 0 unspecified atom stereocenters. The lowest BCUT2D eigenvalue weighted by Gasteiger charge is -2.10. The normalized spacial score (nSPS) is 10.1. The molecule has 22 heavy (non-hydrogen) atoms. The first-order chi connectivity index (χ1) is 10.5. The molecule has 0 fully saturated rings. The molecule has 2 amide bonds. The van der Waals surface area contributed by atoms with E-state index in [0.29, 0.717) is 21.3 Å². The highest BCUT2D eigenvalue weighted by Gasteiger charge is 2.12. The number of anilines is 1. The Morgan fingerprint density at radius 2 is 1.68 bits per heavy atom. The van der Waals surface area contributed by atoms with E-state index in [-0.39, 0.29) is 12.5 Å². The fraction of sp³-hybridized carbons (Fsp3) is 0.125. The van der Waals surface area contributed by atoms with Gasteiger partial charge in [0.05, 0.1) is 17.1 Å². The van der Waals surface area contributed by atoms with Gasteiger partial charge in [0.25, 0.3) is 5.91 Å². The number of hydrogen-bond donors (Lipinski definition) is 2. The summed E-state index contributed by atoms with van der Waals surface area (Å²) in [5, 5.41) is 6.13. The van der Waals surface area contributed by atoms with Crippen molar-refractivity contribution in [2.24, 2.45) is 0 Å². The van der Waals surface area contributed by atoms with Crippen LogP contribution < -0.4 is 10.6 Å². The molecule has 2 rings (SSSR count). The lowest BCUT2D eigenvalue weighted by atomic mass is 10.2. The van der Waals surface area contributed by atoms with Gasteiger partial charge in [0.2, 0.25) is 5.91 Å². The van der Waals surface area contributed by atoms with Gasteiger partial charge < -0.3 is 10.6 Å². The Balaban J connectivity index is 1.95. The fourth-order valence-corrected chi connectivity index (χ4v) is 2.23. The summed E-state index contributed by atoms with van der Waals surface area (Å²) in [6, 6.07) is 11.9. The molecule has 6 heteroatoms. The summed E-state index contributed by atoms with van der Waals surface area (Å²) in [5.74, 6) is -0.741. The van der Waals surface area contributed by atoms with E-state index in [1.807, 2.05) is 0 Å². The minimum absolute atomic E-state index is 0.157. The van der Waals surface area contributed by atoms with Crippen LogP contribution in [0.2, 0.25) is 10.0 Å². The Bertz CT molecular complexity index is 717. The van der Waals surface area contributed by atoms with E-state index in [4.69, 9.17) is 23.2 Å². The maximum Gasteiger partial charge on any atom is 0.253 e. The van der Waals surface area contributed by atoms with E-state index in [1.54, 1.807) is 49.4 Å². The first kappa shape index (κ1) is 16.3. The van der Waals surface area contributed by atoms with Crippen LogP contribution in [0.3, 0.4) is 0 Å². The number of benzene rings is 2. The molecule has 0 heterocycles. The lowest BCUT2D eigenvalue weighted by molar-refractivity contribution is -0.115. The minimum Gasteiger partial charge on any atom is -0.343 e. The van der Waals surface area contributed by atoms with Crippen molar-refractivity contribution in [1.29, 1.82) is 0 Å². The Morgan fingerprint density at radius 1 is 1.00 bits per heavy atom. The van der Waals surface area contributed by atoms with Crippen molar-refractivity contribution in [3.63, 3.8) is 0 Å². The number of nitrogens with one attached hydrogen (secondary N) is 2. The smallest absolute Gasteiger partial charge is 0.253 e. The van der Waals surface area contributed by atoms with Crippen molar-refractivity contribution in [3.05, 3.63) is 63.6 Å². The van der Waals surface area contributed by atoms with Gasteiger partial charge >= 0.3 is 0 Å². The number of hydrogen-bond acceptors (Lipinski definition) is 2. The molecule has 0 atom stereocenters. The number of amides is 2. The van der Waals surface area contributed by atoms with Gasteiger partial charge in [0.1, 0.15) is 0 Å². The molecule has 0 aliphatic rings. The van der Waals surface area contributed by atoms with Crippen LogP contribution in [-0.2, 0) is 4.79 Å². The van der Waals surface area contributed by atoms with Crippen LogP contribution in [0.25, 0.3) is 0 Å². The number of carbonyl (C=O) groups excluding carboxylic acids is 2. The van der Waals surface area contributed by atoms with Crippen molar-refractivity contribution in [1.82, 2.24) is 5.32 Å². The van der Waals surface area contributed by atoms with Gasteiger partial charge in [-0.25, -0.2) is 0 Å². The second kappa shape index (κ2) is 7.29. The predicted octanol–water partition coefficient (Wildman–Crippen LogP) is 3.67. The summed E-state index contributed by atoms with van der Waals surface area (Å²) in [6.07, 6.45) is 0. The molecule has 0 bridgehead atoms. The second-order valence-electron chi connectivity index (χ2n) is 4.62. The average molecular weight is 337 g/mol. The zero-order valence-electron chi connectivity index (χ0n) is 11.8. The standard InChI is InChI=1S/C16H14Cl2N2O2/c1-10-12(17)7-4-8-14(10)20-15(21)9-19-16(22)11-5-2-3-6-13(11)18/h2-8H,9H2,1H3,(H,19,22)(H,20,21). The molecule has 2 aromatic rings. The molecule has 0 aromatic heterocycles. The Hall–Kier alpha value is -2.04. The van der Waals surface area contributed by atoms with E-state index in [1.165, 1.54) is 0 Å². The monoisotopic (exact) mass is 336 g/mol. The molecule has 2 aromatic carbocycles. The van der Waals surface area contributed by atoms with Crippen molar-refractivity contribution in [2.75, 3.05) is 11.9 Å². The molecule has 0 saturated heterocycles. The highest BCUT2D eigenvalue weighted by atomic mass is 35.5. The zero-order chi connectivity index (χ0) is 16.1. The van der Waals surface area contributed by atoms with Crippen LogP contribution in [0.15, 0.2) is 42.5 Å². The topological polar surface area (TPSA) is 58.2 Å². The van der Waals surface area contributed by atoms with E-state index in [9.17, 15) is 9.59 Å². The minimum atomic E-state index is -0.399. The molecule has 0 radical (unpaired) electrons. The number of carbonyl (C=O) groups is 2. The number of rotatable bonds is 4. The highest BCUT2D eigenvalue weighted by molar-refractivity contribution is 6.34. The molecular formula is C16H14Cl2N2O2. The average Bonchev–Trinajstić information content (AvgIpc) is 2.50. The van der Waals surface area contributed by atoms with Gasteiger partial charge in [0, 0.05) is 10.7 Å². The van der Waals surface area contributed by atoms with Crippen molar-refractivity contribution >= 4 is 40.7 Å². The highest BCUT2D eigenvalue weighted by Crippen LogP contribution is 2.22. The maximum absolute atomic E-state index is 11.9. The zero-order valence-corrected chi connectivity index (χ0v) is 13.3. The van der Waals surface area contributed by atoms with E-state index >= 15 is 0 Å². The SMILES string of the molecule is Cc1c(Cl)cccc1NC(=O)CNC(=O)c1ccccc1Cl. The first-order valence-corrected chi connectivity index (χ1v) is 7.32. The van der Waals surface area contributed by atoms with Gasteiger partial charge in [-0.05, 0) is 36.8 Å². The molecule has 114 valence electrons. The van der Waals surface area contributed by atoms with Crippen LogP contribution in [0.4, 0.5) is 5.69 Å². The van der Waals surface area contributed by atoms with Crippen LogP contribution >= 0.6 is 23.2 Å². The van der Waals surface area contributed by atoms with Crippen molar-refractivity contribution in [3.8, 4) is 0 Å². The molecule has 2 N–H and O–H groups in total. The number of halogens is 2.